The fourth-order valence-electron chi connectivity index (χ4n) is 2.87. The number of benzene rings is 1. The van der Waals surface area contributed by atoms with Crippen LogP contribution >= 0.6 is 0 Å². The minimum Gasteiger partial charge on any atom is -0.391 e. The van der Waals surface area contributed by atoms with Gasteiger partial charge in [0.1, 0.15) is 0 Å². The second-order valence-electron chi connectivity index (χ2n) is 5.87. The molecule has 0 bridgehead atoms. The molecule has 118 valence electrons. The first-order valence-corrected chi connectivity index (χ1v) is 9.41. The quantitative estimate of drug-likeness (QED) is 0.810. The summed E-state index contributed by atoms with van der Waals surface area (Å²) in [6.45, 7) is 0.141. The molecule has 5 heteroatoms. The lowest BCUT2D eigenvalue weighted by Crippen LogP contribution is -2.38. The molecule has 1 saturated carbocycles. The summed E-state index contributed by atoms with van der Waals surface area (Å²) in [7, 11) is -3.32. The maximum Gasteiger partial charge on any atom is 0.212 e. The van der Waals surface area contributed by atoms with Crippen molar-refractivity contribution in [1.82, 2.24) is 4.72 Å². The van der Waals surface area contributed by atoms with E-state index < -0.39 is 16.1 Å². The highest BCUT2D eigenvalue weighted by Gasteiger charge is 2.23. The van der Waals surface area contributed by atoms with Crippen LogP contribution in [-0.2, 0) is 16.4 Å². The number of hydrogen-bond acceptors (Lipinski definition) is 3. The second kappa shape index (κ2) is 7.92. The van der Waals surface area contributed by atoms with Crippen LogP contribution in [0, 0.1) is 5.92 Å². The van der Waals surface area contributed by atoms with Crippen LogP contribution in [0.25, 0.3) is 0 Å². The van der Waals surface area contributed by atoms with Gasteiger partial charge in [0.15, 0.2) is 0 Å². The Morgan fingerprint density at radius 3 is 2.48 bits per heavy atom. The fourth-order valence-corrected chi connectivity index (χ4v) is 3.94. The van der Waals surface area contributed by atoms with E-state index in [-0.39, 0.29) is 18.2 Å². The molecule has 0 aromatic heterocycles. The molecule has 1 aromatic rings. The molecule has 0 aliphatic heterocycles. The Kier molecular flexibility index (Phi) is 6.21. The van der Waals surface area contributed by atoms with E-state index in [1.807, 2.05) is 30.3 Å². The maximum atomic E-state index is 12.0. The Morgan fingerprint density at radius 1 is 1.14 bits per heavy atom. The van der Waals surface area contributed by atoms with Gasteiger partial charge in [-0.1, -0.05) is 49.6 Å². The van der Waals surface area contributed by atoms with Crippen LogP contribution in [0.1, 0.15) is 37.7 Å². The van der Waals surface area contributed by atoms with Crippen molar-refractivity contribution >= 4 is 10.0 Å². The number of rotatable bonds is 7. The first-order valence-electron chi connectivity index (χ1n) is 7.76. The standard InChI is InChI=1S/C16H25NO3S/c18-16(15-9-5-2-6-10-15)13-17-21(19,20)12-11-14-7-3-1-4-8-14/h1,3-4,7-8,15-18H,2,5-6,9-13H2/t16-/m0/s1. The molecule has 0 radical (unpaired) electrons. The first-order chi connectivity index (χ1) is 10.1. The van der Waals surface area contributed by atoms with Crippen molar-refractivity contribution in [2.45, 2.75) is 44.6 Å². The van der Waals surface area contributed by atoms with Crippen LogP contribution in [0.4, 0.5) is 0 Å². The highest BCUT2D eigenvalue weighted by atomic mass is 32.2. The zero-order chi connectivity index (χ0) is 15.1. The first kappa shape index (κ1) is 16.5. The molecule has 1 aliphatic carbocycles. The normalized spacial score (nSPS) is 18.5. The van der Waals surface area contributed by atoms with E-state index in [4.69, 9.17) is 0 Å². The molecule has 0 saturated heterocycles. The Morgan fingerprint density at radius 2 is 1.81 bits per heavy atom. The van der Waals surface area contributed by atoms with Crippen molar-refractivity contribution in [1.29, 1.82) is 0 Å². The van der Waals surface area contributed by atoms with Crippen LogP contribution in [0.15, 0.2) is 30.3 Å². The summed E-state index contributed by atoms with van der Waals surface area (Å²) in [6, 6.07) is 9.57. The van der Waals surface area contributed by atoms with E-state index >= 15 is 0 Å². The Labute approximate surface area is 127 Å². The number of aryl methyl sites for hydroxylation is 1. The Bertz CT molecular complexity index is 510. The molecule has 1 aromatic carbocycles. The van der Waals surface area contributed by atoms with Gasteiger partial charge in [-0.05, 0) is 30.7 Å². The van der Waals surface area contributed by atoms with Crippen LogP contribution in [0.3, 0.4) is 0 Å². The number of hydrogen-bond donors (Lipinski definition) is 2. The van der Waals surface area contributed by atoms with Gasteiger partial charge >= 0.3 is 0 Å². The van der Waals surface area contributed by atoms with Gasteiger partial charge in [-0.2, -0.15) is 0 Å². The summed E-state index contributed by atoms with van der Waals surface area (Å²) in [5.41, 5.74) is 1.01. The van der Waals surface area contributed by atoms with E-state index in [0.29, 0.717) is 6.42 Å². The maximum absolute atomic E-state index is 12.0. The molecule has 0 heterocycles. The third-order valence-corrected chi connectivity index (χ3v) is 5.56. The third kappa shape index (κ3) is 5.77. The molecular formula is C16H25NO3S. The topological polar surface area (TPSA) is 66.4 Å². The molecule has 2 rings (SSSR count). The molecule has 1 aliphatic rings. The summed E-state index contributed by atoms with van der Waals surface area (Å²) in [5, 5.41) is 10.1. The van der Waals surface area contributed by atoms with E-state index in [0.717, 1.165) is 31.2 Å². The average Bonchev–Trinajstić information content (AvgIpc) is 2.53. The van der Waals surface area contributed by atoms with Crippen molar-refractivity contribution in [2.75, 3.05) is 12.3 Å². The van der Waals surface area contributed by atoms with Crippen LogP contribution < -0.4 is 4.72 Å². The van der Waals surface area contributed by atoms with Gasteiger partial charge in [-0.3, -0.25) is 0 Å². The van der Waals surface area contributed by atoms with Gasteiger partial charge < -0.3 is 5.11 Å². The predicted molar refractivity (Wildman–Crippen MR) is 84.5 cm³/mol. The zero-order valence-electron chi connectivity index (χ0n) is 12.4. The van der Waals surface area contributed by atoms with Gasteiger partial charge in [0, 0.05) is 6.54 Å². The van der Waals surface area contributed by atoms with Crippen molar-refractivity contribution < 1.29 is 13.5 Å². The fraction of sp³-hybridized carbons (Fsp3) is 0.625. The van der Waals surface area contributed by atoms with Crippen LogP contribution in [0.5, 0.6) is 0 Å². The van der Waals surface area contributed by atoms with Gasteiger partial charge in [-0.15, -0.1) is 0 Å². The lowest BCUT2D eigenvalue weighted by Gasteiger charge is -2.26. The van der Waals surface area contributed by atoms with E-state index in [2.05, 4.69) is 4.72 Å². The van der Waals surface area contributed by atoms with Gasteiger partial charge in [0.25, 0.3) is 0 Å². The average molecular weight is 311 g/mol. The van der Waals surface area contributed by atoms with E-state index in [9.17, 15) is 13.5 Å². The highest BCUT2D eigenvalue weighted by Crippen LogP contribution is 2.26. The molecule has 2 N–H and O–H groups in total. The molecule has 4 nitrogen and oxygen atoms in total. The molecule has 0 unspecified atom stereocenters. The van der Waals surface area contributed by atoms with Crippen LogP contribution in [-0.4, -0.2) is 31.9 Å². The number of aliphatic hydroxyl groups excluding tert-OH is 1. The van der Waals surface area contributed by atoms with Crippen molar-refractivity contribution in [3.05, 3.63) is 35.9 Å². The summed E-state index contributed by atoms with van der Waals surface area (Å²) >= 11 is 0. The zero-order valence-corrected chi connectivity index (χ0v) is 13.2. The summed E-state index contributed by atoms with van der Waals surface area (Å²) in [5.74, 6) is 0.310. The Hall–Kier alpha value is -0.910. The van der Waals surface area contributed by atoms with Gasteiger partial charge in [0.05, 0.1) is 11.9 Å². The van der Waals surface area contributed by atoms with Crippen molar-refractivity contribution in [3.8, 4) is 0 Å². The SMILES string of the molecule is O=S(=O)(CCc1ccccc1)NC[C@H](O)C1CCCCC1. The van der Waals surface area contributed by atoms with Crippen molar-refractivity contribution in [2.24, 2.45) is 5.92 Å². The van der Waals surface area contributed by atoms with Crippen LogP contribution in [0.2, 0.25) is 0 Å². The lowest BCUT2D eigenvalue weighted by atomic mass is 9.85. The highest BCUT2D eigenvalue weighted by molar-refractivity contribution is 7.89. The largest absolute Gasteiger partial charge is 0.391 e. The lowest BCUT2D eigenvalue weighted by molar-refractivity contribution is 0.0888. The molecule has 1 fully saturated rings. The molecule has 0 amide bonds. The molecule has 1 atom stereocenters. The minimum atomic E-state index is -3.32. The monoisotopic (exact) mass is 311 g/mol. The van der Waals surface area contributed by atoms with Gasteiger partial charge in [-0.25, -0.2) is 13.1 Å². The van der Waals surface area contributed by atoms with Crippen molar-refractivity contribution in [3.63, 3.8) is 0 Å². The summed E-state index contributed by atoms with van der Waals surface area (Å²) in [4.78, 5) is 0. The number of aliphatic hydroxyl groups is 1. The summed E-state index contributed by atoms with van der Waals surface area (Å²) in [6.07, 6.45) is 5.46. The molecule has 0 spiro atoms. The third-order valence-electron chi connectivity index (χ3n) is 4.21. The molecular weight excluding hydrogens is 286 g/mol. The smallest absolute Gasteiger partial charge is 0.212 e. The number of sulfonamides is 1. The second-order valence-corrected chi connectivity index (χ2v) is 7.79. The van der Waals surface area contributed by atoms with E-state index in [1.165, 1.54) is 6.42 Å². The van der Waals surface area contributed by atoms with Gasteiger partial charge in [0.2, 0.25) is 10.0 Å². The summed E-state index contributed by atoms with van der Waals surface area (Å²) < 4.78 is 26.5. The predicted octanol–water partition coefficient (Wildman–Crippen LogP) is 2.09. The number of nitrogens with one attached hydrogen (secondary N) is 1. The molecule has 21 heavy (non-hydrogen) atoms. The minimum absolute atomic E-state index is 0.0639. The Balaban J connectivity index is 1.75. The van der Waals surface area contributed by atoms with E-state index in [1.54, 1.807) is 0 Å².